The lowest BCUT2D eigenvalue weighted by Crippen LogP contribution is -2.44. The SMILES string of the molecule is CC(NC(=O)C(C)Oc1ccccc1Br)C(=O)O. The molecule has 6 heteroatoms. The second-order valence-electron chi connectivity index (χ2n) is 3.76. The fourth-order valence-electron chi connectivity index (χ4n) is 1.18. The number of hydrogen-bond acceptors (Lipinski definition) is 3. The second-order valence-corrected chi connectivity index (χ2v) is 4.61. The van der Waals surface area contributed by atoms with Crippen molar-refractivity contribution in [2.45, 2.75) is 26.0 Å². The second kappa shape index (κ2) is 6.39. The van der Waals surface area contributed by atoms with E-state index in [2.05, 4.69) is 21.2 Å². The van der Waals surface area contributed by atoms with Gasteiger partial charge in [-0.1, -0.05) is 12.1 Å². The van der Waals surface area contributed by atoms with E-state index >= 15 is 0 Å². The molecule has 2 N–H and O–H groups in total. The molecule has 98 valence electrons. The monoisotopic (exact) mass is 315 g/mol. The summed E-state index contributed by atoms with van der Waals surface area (Å²) in [6, 6.07) is 6.18. The van der Waals surface area contributed by atoms with Gasteiger partial charge < -0.3 is 15.2 Å². The molecule has 1 aromatic rings. The highest BCUT2D eigenvalue weighted by atomic mass is 79.9. The van der Waals surface area contributed by atoms with E-state index in [9.17, 15) is 9.59 Å². The van der Waals surface area contributed by atoms with E-state index in [1.165, 1.54) is 6.92 Å². The first-order chi connectivity index (χ1) is 8.41. The Hall–Kier alpha value is -1.56. The molecule has 1 rings (SSSR count). The Labute approximate surface area is 113 Å². The summed E-state index contributed by atoms with van der Waals surface area (Å²) in [5.74, 6) is -1.03. The molecule has 1 amide bonds. The Morgan fingerprint density at radius 2 is 1.94 bits per heavy atom. The summed E-state index contributed by atoms with van der Waals surface area (Å²) in [5.41, 5.74) is 0. The maximum atomic E-state index is 11.7. The topological polar surface area (TPSA) is 75.6 Å². The standard InChI is InChI=1S/C12H14BrNO4/c1-7(12(16)17)14-11(15)8(2)18-10-6-4-3-5-9(10)13/h3-8H,1-2H3,(H,14,15)(H,16,17). The number of rotatable bonds is 5. The predicted molar refractivity (Wildman–Crippen MR) is 69.5 cm³/mol. The van der Waals surface area contributed by atoms with E-state index in [1.807, 2.05) is 6.07 Å². The molecular weight excluding hydrogens is 302 g/mol. The molecule has 2 unspecified atom stereocenters. The van der Waals surface area contributed by atoms with Crippen molar-refractivity contribution in [2.75, 3.05) is 0 Å². The number of carboxylic acids is 1. The van der Waals surface area contributed by atoms with E-state index < -0.39 is 24.0 Å². The Morgan fingerprint density at radius 3 is 2.50 bits per heavy atom. The molecule has 0 bridgehead atoms. The molecule has 0 heterocycles. The molecular formula is C12H14BrNO4. The number of amides is 1. The smallest absolute Gasteiger partial charge is 0.325 e. The van der Waals surface area contributed by atoms with Crippen LogP contribution in [0.3, 0.4) is 0 Å². The minimum Gasteiger partial charge on any atom is -0.480 e. The van der Waals surface area contributed by atoms with Crippen molar-refractivity contribution in [3.8, 4) is 5.75 Å². The van der Waals surface area contributed by atoms with E-state index in [-0.39, 0.29) is 0 Å². The average molecular weight is 316 g/mol. The van der Waals surface area contributed by atoms with Crippen LogP contribution in [0.15, 0.2) is 28.7 Å². The maximum Gasteiger partial charge on any atom is 0.325 e. The Bertz CT molecular complexity index is 449. The molecule has 1 aromatic carbocycles. The third kappa shape index (κ3) is 4.03. The van der Waals surface area contributed by atoms with Crippen LogP contribution in [-0.2, 0) is 9.59 Å². The summed E-state index contributed by atoms with van der Waals surface area (Å²) in [5, 5.41) is 11.0. The zero-order valence-corrected chi connectivity index (χ0v) is 11.6. The van der Waals surface area contributed by atoms with E-state index in [4.69, 9.17) is 9.84 Å². The Morgan fingerprint density at radius 1 is 1.33 bits per heavy atom. The summed E-state index contributed by atoms with van der Waals surface area (Å²) >= 11 is 3.30. The van der Waals surface area contributed by atoms with Crippen molar-refractivity contribution in [3.63, 3.8) is 0 Å². The first kappa shape index (κ1) is 14.5. The number of hydrogen-bond donors (Lipinski definition) is 2. The molecule has 0 aliphatic heterocycles. The highest BCUT2D eigenvalue weighted by molar-refractivity contribution is 9.10. The average Bonchev–Trinajstić information content (AvgIpc) is 2.31. The number of aliphatic carboxylic acids is 1. The molecule has 0 aromatic heterocycles. The molecule has 0 radical (unpaired) electrons. The van der Waals surface area contributed by atoms with Crippen LogP contribution in [0.2, 0.25) is 0 Å². The highest BCUT2D eigenvalue weighted by Crippen LogP contribution is 2.24. The van der Waals surface area contributed by atoms with Crippen molar-refractivity contribution in [1.29, 1.82) is 0 Å². The van der Waals surface area contributed by atoms with Crippen LogP contribution in [0.5, 0.6) is 5.75 Å². The van der Waals surface area contributed by atoms with E-state index in [0.717, 1.165) is 4.47 Å². The summed E-state index contributed by atoms with van der Waals surface area (Å²) < 4.78 is 6.17. The largest absolute Gasteiger partial charge is 0.480 e. The van der Waals surface area contributed by atoms with Gasteiger partial charge in [0.15, 0.2) is 6.10 Å². The van der Waals surface area contributed by atoms with Crippen molar-refractivity contribution in [1.82, 2.24) is 5.32 Å². The quantitative estimate of drug-likeness (QED) is 0.869. The maximum absolute atomic E-state index is 11.7. The third-order valence-electron chi connectivity index (χ3n) is 2.24. The molecule has 2 atom stereocenters. The molecule has 0 fully saturated rings. The van der Waals surface area contributed by atoms with Gasteiger partial charge in [0.1, 0.15) is 11.8 Å². The van der Waals surface area contributed by atoms with Gasteiger partial charge in [-0.15, -0.1) is 0 Å². The fraction of sp³-hybridized carbons (Fsp3) is 0.333. The number of carbonyl (C=O) groups excluding carboxylic acids is 1. The van der Waals surface area contributed by atoms with Gasteiger partial charge in [0.05, 0.1) is 4.47 Å². The zero-order valence-electron chi connectivity index (χ0n) is 10.0. The van der Waals surface area contributed by atoms with Crippen LogP contribution >= 0.6 is 15.9 Å². The van der Waals surface area contributed by atoms with Gasteiger partial charge in [0, 0.05) is 0 Å². The number of ether oxygens (including phenoxy) is 1. The summed E-state index contributed by atoms with van der Waals surface area (Å²) in [6.07, 6.45) is -0.773. The highest BCUT2D eigenvalue weighted by Gasteiger charge is 2.20. The van der Waals surface area contributed by atoms with Crippen LogP contribution in [0.25, 0.3) is 0 Å². The molecule has 18 heavy (non-hydrogen) atoms. The predicted octanol–water partition coefficient (Wildman–Crippen LogP) is 1.81. The summed E-state index contributed by atoms with van der Waals surface area (Å²) in [7, 11) is 0. The van der Waals surface area contributed by atoms with E-state index in [1.54, 1.807) is 25.1 Å². The lowest BCUT2D eigenvalue weighted by atomic mass is 10.3. The number of carboxylic acid groups (broad SMARTS) is 1. The molecule has 0 aliphatic carbocycles. The van der Waals surface area contributed by atoms with Gasteiger partial charge in [0.2, 0.25) is 0 Å². The molecule has 0 saturated heterocycles. The van der Waals surface area contributed by atoms with Crippen LogP contribution in [0.1, 0.15) is 13.8 Å². The number of halogens is 1. The molecule has 0 spiro atoms. The molecule has 5 nitrogen and oxygen atoms in total. The van der Waals surface area contributed by atoms with Crippen LogP contribution < -0.4 is 10.1 Å². The van der Waals surface area contributed by atoms with Gasteiger partial charge in [-0.05, 0) is 41.9 Å². The van der Waals surface area contributed by atoms with Crippen molar-refractivity contribution >= 4 is 27.8 Å². The Kier molecular flexibility index (Phi) is 5.15. The van der Waals surface area contributed by atoms with E-state index in [0.29, 0.717) is 5.75 Å². The zero-order chi connectivity index (χ0) is 13.7. The van der Waals surface area contributed by atoms with Gasteiger partial charge in [-0.2, -0.15) is 0 Å². The van der Waals surface area contributed by atoms with Gasteiger partial charge in [-0.3, -0.25) is 9.59 Å². The summed E-state index contributed by atoms with van der Waals surface area (Å²) in [4.78, 5) is 22.3. The van der Waals surface area contributed by atoms with Crippen LogP contribution in [-0.4, -0.2) is 29.1 Å². The summed E-state index contributed by atoms with van der Waals surface area (Å²) in [6.45, 7) is 2.95. The van der Waals surface area contributed by atoms with Gasteiger partial charge in [0.25, 0.3) is 5.91 Å². The number of carbonyl (C=O) groups is 2. The van der Waals surface area contributed by atoms with Gasteiger partial charge >= 0.3 is 5.97 Å². The van der Waals surface area contributed by atoms with Crippen LogP contribution in [0, 0.1) is 0 Å². The fourth-order valence-corrected chi connectivity index (χ4v) is 1.55. The lowest BCUT2D eigenvalue weighted by molar-refractivity contribution is -0.142. The Balaban J connectivity index is 2.60. The minimum atomic E-state index is -1.09. The van der Waals surface area contributed by atoms with Crippen LogP contribution in [0.4, 0.5) is 0 Å². The minimum absolute atomic E-state index is 0.472. The molecule has 0 saturated carbocycles. The number of benzene rings is 1. The number of para-hydroxylation sites is 1. The van der Waals surface area contributed by atoms with Gasteiger partial charge in [-0.25, -0.2) is 0 Å². The van der Waals surface area contributed by atoms with Crippen molar-refractivity contribution in [3.05, 3.63) is 28.7 Å². The third-order valence-corrected chi connectivity index (χ3v) is 2.89. The first-order valence-electron chi connectivity index (χ1n) is 5.36. The van der Waals surface area contributed by atoms with Crippen molar-refractivity contribution in [2.24, 2.45) is 0 Å². The number of nitrogens with one attached hydrogen (secondary N) is 1. The molecule has 0 aliphatic rings. The lowest BCUT2D eigenvalue weighted by Gasteiger charge is -2.17. The first-order valence-corrected chi connectivity index (χ1v) is 6.15. The van der Waals surface area contributed by atoms with Crippen molar-refractivity contribution < 1.29 is 19.4 Å². The normalized spacial score (nSPS) is 13.5.